The topological polar surface area (TPSA) is 46.6 Å². The number of esters is 1. The van der Waals surface area contributed by atoms with Crippen LogP contribution in [0.25, 0.3) is 0 Å². The van der Waals surface area contributed by atoms with E-state index in [1.165, 1.54) is 19.3 Å². The zero-order chi connectivity index (χ0) is 14.6. The Morgan fingerprint density at radius 2 is 1.86 bits per heavy atom. The predicted octanol–water partition coefficient (Wildman–Crippen LogP) is 2.08. The van der Waals surface area contributed by atoms with Gasteiger partial charge in [0, 0.05) is 19.0 Å². The number of rotatable bonds is 3. The number of ether oxygens (including phenoxy) is 1. The van der Waals surface area contributed by atoms with Crippen molar-refractivity contribution in [1.82, 2.24) is 4.90 Å². The number of carbonyl (C=O) groups excluding carboxylic acids is 2. The van der Waals surface area contributed by atoms with Crippen LogP contribution in [-0.4, -0.2) is 36.5 Å². The molecule has 0 aromatic rings. The van der Waals surface area contributed by atoms with Gasteiger partial charge >= 0.3 is 5.97 Å². The predicted molar refractivity (Wildman–Crippen MR) is 77.2 cm³/mol. The first-order valence-electron chi connectivity index (χ1n) is 8.66. The van der Waals surface area contributed by atoms with E-state index in [1.54, 1.807) is 0 Å². The van der Waals surface area contributed by atoms with Crippen molar-refractivity contribution in [2.75, 3.05) is 19.7 Å². The number of likely N-dealkylation sites (tertiary alicyclic amines) is 1. The third-order valence-corrected chi connectivity index (χ3v) is 6.37. The van der Waals surface area contributed by atoms with E-state index in [-0.39, 0.29) is 11.9 Å². The molecule has 4 rings (SSSR count). The molecule has 3 saturated carbocycles. The van der Waals surface area contributed by atoms with Gasteiger partial charge in [-0.2, -0.15) is 0 Å². The number of carbonyl (C=O) groups is 2. The monoisotopic (exact) mass is 291 g/mol. The van der Waals surface area contributed by atoms with E-state index in [1.807, 2.05) is 11.8 Å². The highest BCUT2D eigenvalue weighted by molar-refractivity contribution is 5.84. The molecule has 1 aliphatic heterocycles. The van der Waals surface area contributed by atoms with Crippen molar-refractivity contribution in [2.45, 2.75) is 39.0 Å². The zero-order valence-electron chi connectivity index (χ0n) is 12.8. The molecule has 1 heterocycles. The summed E-state index contributed by atoms with van der Waals surface area (Å²) in [5.74, 6) is 3.48. The summed E-state index contributed by atoms with van der Waals surface area (Å²) in [5.41, 5.74) is 0. The number of amides is 1. The molecule has 4 fully saturated rings. The summed E-state index contributed by atoms with van der Waals surface area (Å²) < 4.78 is 5.13. The molecule has 1 amide bonds. The molecule has 4 nitrogen and oxygen atoms in total. The van der Waals surface area contributed by atoms with Crippen LogP contribution in [0, 0.1) is 35.5 Å². The summed E-state index contributed by atoms with van der Waals surface area (Å²) in [5, 5.41) is 0. The van der Waals surface area contributed by atoms with Crippen LogP contribution in [0.3, 0.4) is 0 Å². The minimum Gasteiger partial charge on any atom is -0.466 e. The Labute approximate surface area is 126 Å². The maximum absolute atomic E-state index is 12.8. The number of hydrogen-bond acceptors (Lipinski definition) is 3. The van der Waals surface area contributed by atoms with Gasteiger partial charge in [-0.3, -0.25) is 9.59 Å². The van der Waals surface area contributed by atoms with Crippen molar-refractivity contribution in [3.05, 3.63) is 0 Å². The van der Waals surface area contributed by atoms with Crippen molar-refractivity contribution in [2.24, 2.45) is 35.5 Å². The fourth-order valence-electron chi connectivity index (χ4n) is 5.50. The molecular formula is C17H25NO3. The highest BCUT2D eigenvalue weighted by Gasteiger charge is 2.68. The quantitative estimate of drug-likeness (QED) is 0.748. The summed E-state index contributed by atoms with van der Waals surface area (Å²) in [4.78, 5) is 26.7. The number of hydrogen-bond donors (Lipinski definition) is 0. The van der Waals surface area contributed by atoms with Gasteiger partial charge in [-0.05, 0) is 62.7 Å². The van der Waals surface area contributed by atoms with E-state index in [2.05, 4.69) is 0 Å². The first-order valence-corrected chi connectivity index (χ1v) is 8.66. The molecule has 0 aromatic carbocycles. The van der Waals surface area contributed by atoms with Gasteiger partial charge < -0.3 is 9.64 Å². The van der Waals surface area contributed by atoms with Gasteiger partial charge in [0.25, 0.3) is 0 Å². The van der Waals surface area contributed by atoms with Gasteiger partial charge in [0.2, 0.25) is 5.91 Å². The normalized spacial score (nSPS) is 43.6. The largest absolute Gasteiger partial charge is 0.466 e. The van der Waals surface area contributed by atoms with E-state index in [0.29, 0.717) is 36.8 Å². The highest BCUT2D eigenvalue weighted by Crippen LogP contribution is 2.69. The molecule has 0 spiro atoms. The van der Waals surface area contributed by atoms with Crippen LogP contribution in [0.2, 0.25) is 0 Å². The smallest absolute Gasteiger partial charge is 0.310 e. The van der Waals surface area contributed by atoms with Gasteiger partial charge in [-0.1, -0.05) is 0 Å². The second-order valence-corrected chi connectivity index (χ2v) is 7.39. The number of piperidine rings is 1. The molecular weight excluding hydrogens is 266 g/mol. The van der Waals surface area contributed by atoms with Crippen molar-refractivity contribution in [3.8, 4) is 0 Å². The Bertz CT molecular complexity index is 447. The lowest BCUT2D eigenvalue weighted by Gasteiger charge is -2.32. The summed E-state index contributed by atoms with van der Waals surface area (Å²) in [6, 6.07) is 0. The minimum absolute atomic E-state index is 0.0991. The fraction of sp³-hybridized carbons (Fsp3) is 0.882. The molecule has 0 radical (unpaired) electrons. The average molecular weight is 291 g/mol. The molecule has 5 atom stereocenters. The van der Waals surface area contributed by atoms with Crippen LogP contribution in [0.4, 0.5) is 0 Å². The lowest BCUT2D eigenvalue weighted by Crippen LogP contribution is -2.44. The van der Waals surface area contributed by atoms with Gasteiger partial charge in [-0.25, -0.2) is 0 Å². The maximum Gasteiger partial charge on any atom is 0.310 e. The first-order chi connectivity index (χ1) is 10.2. The van der Waals surface area contributed by atoms with Gasteiger partial charge in [-0.15, -0.1) is 0 Å². The minimum atomic E-state index is -0.119. The van der Waals surface area contributed by atoms with Crippen LogP contribution in [0.1, 0.15) is 39.0 Å². The Morgan fingerprint density at radius 3 is 2.52 bits per heavy atom. The molecule has 4 unspecified atom stereocenters. The Hall–Kier alpha value is -1.06. The lowest BCUT2D eigenvalue weighted by molar-refractivity contribution is -0.151. The summed E-state index contributed by atoms with van der Waals surface area (Å²) in [7, 11) is 0. The van der Waals surface area contributed by atoms with Gasteiger partial charge in [0.05, 0.1) is 12.5 Å². The van der Waals surface area contributed by atoms with Gasteiger partial charge in [0.15, 0.2) is 0 Å². The molecule has 21 heavy (non-hydrogen) atoms. The Balaban J connectivity index is 1.38. The lowest BCUT2D eigenvalue weighted by atomic mass is 9.96. The van der Waals surface area contributed by atoms with E-state index in [4.69, 9.17) is 4.74 Å². The highest BCUT2D eigenvalue weighted by atomic mass is 16.5. The van der Waals surface area contributed by atoms with Gasteiger partial charge in [0.1, 0.15) is 0 Å². The van der Waals surface area contributed by atoms with E-state index >= 15 is 0 Å². The Morgan fingerprint density at radius 1 is 1.14 bits per heavy atom. The molecule has 0 N–H and O–H groups in total. The first kappa shape index (κ1) is 13.6. The van der Waals surface area contributed by atoms with Crippen molar-refractivity contribution < 1.29 is 14.3 Å². The molecule has 1 saturated heterocycles. The fourth-order valence-corrected chi connectivity index (χ4v) is 5.50. The second-order valence-electron chi connectivity index (χ2n) is 7.39. The molecule has 116 valence electrons. The number of fused-ring (bicyclic) bond motifs is 5. The molecule has 2 bridgehead atoms. The molecule has 0 aromatic heterocycles. The van der Waals surface area contributed by atoms with Crippen LogP contribution in [0.5, 0.6) is 0 Å². The van der Waals surface area contributed by atoms with Crippen LogP contribution >= 0.6 is 0 Å². The molecule has 3 aliphatic carbocycles. The van der Waals surface area contributed by atoms with Crippen LogP contribution in [0.15, 0.2) is 0 Å². The second kappa shape index (κ2) is 4.99. The zero-order valence-corrected chi connectivity index (χ0v) is 12.8. The summed E-state index contributed by atoms with van der Waals surface area (Å²) in [6.07, 6.45) is 5.88. The van der Waals surface area contributed by atoms with Crippen LogP contribution < -0.4 is 0 Å². The SMILES string of the molecule is CCOC(=O)[C@H]1CCCN(C(=O)C2C3C4CCC(C4)C23)C1. The van der Waals surface area contributed by atoms with Crippen molar-refractivity contribution >= 4 is 11.9 Å². The summed E-state index contributed by atoms with van der Waals surface area (Å²) in [6.45, 7) is 3.69. The van der Waals surface area contributed by atoms with E-state index in [9.17, 15) is 9.59 Å². The third kappa shape index (κ3) is 2.09. The Kier molecular flexibility index (Phi) is 3.23. The number of nitrogens with zero attached hydrogens (tertiary/aromatic N) is 1. The third-order valence-electron chi connectivity index (χ3n) is 6.37. The summed E-state index contributed by atoms with van der Waals surface area (Å²) >= 11 is 0. The average Bonchev–Trinajstić information content (AvgIpc) is 2.94. The van der Waals surface area contributed by atoms with E-state index in [0.717, 1.165) is 31.2 Å². The van der Waals surface area contributed by atoms with E-state index < -0.39 is 0 Å². The van der Waals surface area contributed by atoms with Crippen molar-refractivity contribution in [1.29, 1.82) is 0 Å². The maximum atomic E-state index is 12.8. The standard InChI is InChI=1S/C17H25NO3/c1-2-21-17(20)12-4-3-7-18(9-12)16(19)15-13-10-5-6-11(8-10)14(13)15/h10-15H,2-9H2,1H3/t10?,11?,12-,13?,14?,15?/m0/s1. The van der Waals surface area contributed by atoms with Crippen molar-refractivity contribution in [3.63, 3.8) is 0 Å². The molecule has 4 aliphatic rings. The van der Waals surface area contributed by atoms with Crippen LogP contribution in [-0.2, 0) is 14.3 Å². The molecule has 4 heteroatoms.